The van der Waals surface area contributed by atoms with Crippen LogP contribution in [0.25, 0.3) is 0 Å². The first-order chi connectivity index (χ1) is 4.84. The second-order valence-corrected chi connectivity index (χ2v) is 3.07. The topological polar surface area (TPSA) is 0 Å². The van der Waals surface area contributed by atoms with E-state index in [1.165, 1.54) is 5.56 Å². The third-order valence-electron chi connectivity index (χ3n) is 1.61. The zero-order valence-corrected chi connectivity index (χ0v) is 7.17. The Morgan fingerprint density at radius 2 is 1.90 bits per heavy atom. The molecule has 1 radical (unpaired) electrons. The first-order valence-electron chi connectivity index (χ1n) is 3.60. The minimum absolute atomic E-state index is 0.515. The van der Waals surface area contributed by atoms with Gasteiger partial charge in [0.15, 0.2) is 0 Å². The van der Waals surface area contributed by atoms with Crippen LogP contribution in [0, 0.1) is 0 Å². The molecule has 1 unspecified atom stereocenters. The highest BCUT2D eigenvalue weighted by atomic mass is 31.0. The highest BCUT2D eigenvalue weighted by molar-refractivity contribution is 7.17. The molecule has 0 fully saturated rings. The van der Waals surface area contributed by atoms with Crippen LogP contribution in [0.15, 0.2) is 30.3 Å². The summed E-state index contributed by atoms with van der Waals surface area (Å²) in [6.07, 6.45) is 1.14. The van der Waals surface area contributed by atoms with E-state index in [0.717, 1.165) is 6.42 Å². The second kappa shape index (κ2) is 3.73. The van der Waals surface area contributed by atoms with Crippen LogP contribution in [0.4, 0.5) is 0 Å². The van der Waals surface area contributed by atoms with Crippen LogP contribution in [0.2, 0.25) is 0 Å². The molecule has 0 saturated heterocycles. The Morgan fingerprint density at radius 3 is 2.40 bits per heavy atom. The Bertz CT molecular complexity index is 181. The molecule has 0 amide bonds. The molecule has 0 N–H and O–H groups in total. The zero-order valence-electron chi connectivity index (χ0n) is 6.17. The summed E-state index contributed by atoms with van der Waals surface area (Å²) < 4.78 is 0. The molecule has 0 saturated carbocycles. The molecule has 0 bridgehead atoms. The summed E-state index contributed by atoms with van der Waals surface area (Å²) in [6.45, 7) is 2.17. The van der Waals surface area contributed by atoms with E-state index < -0.39 is 0 Å². The van der Waals surface area contributed by atoms with Crippen molar-refractivity contribution in [2.24, 2.45) is 0 Å². The van der Waals surface area contributed by atoms with Crippen LogP contribution in [0.1, 0.15) is 24.6 Å². The summed E-state index contributed by atoms with van der Waals surface area (Å²) in [5.74, 6) is 0. The lowest BCUT2D eigenvalue weighted by atomic mass is 10.1. The van der Waals surface area contributed by atoms with E-state index in [2.05, 4.69) is 40.4 Å². The molecule has 0 heterocycles. The molecular weight excluding hydrogens is 139 g/mol. The second-order valence-electron chi connectivity index (χ2n) is 2.37. The number of rotatable bonds is 2. The predicted molar refractivity (Wildman–Crippen MR) is 47.8 cm³/mol. The molecule has 0 aliphatic rings. The minimum atomic E-state index is 0.515. The summed E-state index contributed by atoms with van der Waals surface area (Å²) in [5, 5.41) is 0. The minimum Gasteiger partial charge on any atom is -0.0910 e. The number of hydrogen-bond acceptors (Lipinski definition) is 0. The SMILES string of the molecule is CCC([PH])c1ccccc1. The molecular formula is C9H12P. The van der Waals surface area contributed by atoms with Gasteiger partial charge in [0.25, 0.3) is 0 Å². The largest absolute Gasteiger partial charge is 0.0910 e. The van der Waals surface area contributed by atoms with Gasteiger partial charge < -0.3 is 0 Å². The highest BCUT2D eigenvalue weighted by Gasteiger charge is 1.99. The Morgan fingerprint density at radius 1 is 1.30 bits per heavy atom. The van der Waals surface area contributed by atoms with E-state index in [0.29, 0.717) is 5.66 Å². The van der Waals surface area contributed by atoms with Crippen molar-refractivity contribution in [2.75, 3.05) is 0 Å². The van der Waals surface area contributed by atoms with Crippen molar-refractivity contribution in [3.8, 4) is 0 Å². The Kier molecular flexibility index (Phi) is 2.89. The van der Waals surface area contributed by atoms with E-state index in [-0.39, 0.29) is 0 Å². The van der Waals surface area contributed by atoms with Crippen LogP contribution >= 0.6 is 9.24 Å². The van der Waals surface area contributed by atoms with Crippen molar-refractivity contribution in [3.63, 3.8) is 0 Å². The standard InChI is InChI=1S/C9H12P/c1-2-9(10)8-6-4-3-5-7-8/h3-7,9-10H,2H2,1H3. The van der Waals surface area contributed by atoms with Gasteiger partial charge in [-0.3, -0.25) is 0 Å². The van der Waals surface area contributed by atoms with Crippen LogP contribution < -0.4 is 0 Å². The van der Waals surface area contributed by atoms with Gasteiger partial charge in [-0.25, -0.2) is 0 Å². The van der Waals surface area contributed by atoms with Crippen LogP contribution in [-0.2, 0) is 0 Å². The molecule has 1 aromatic rings. The van der Waals surface area contributed by atoms with Gasteiger partial charge in [-0.05, 0) is 12.0 Å². The van der Waals surface area contributed by atoms with Crippen molar-refractivity contribution >= 4 is 9.24 Å². The van der Waals surface area contributed by atoms with E-state index in [9.17, 15) is 0 Å². The van der Waals surface area contributed by atoms with Crippen molar-refractivity contribution < 1.29 is 0 Å². The molecule has 1 heteroatoms. The van der Waals surface area contributed by atoms with Gasteiger partial charge in [-0.2, -0.15) is 0 Å². The number of hydrogen-bond donors (Lipinski definition) is 0. The van der Waals surface area contributed by atoms with E-state index in [1.807, 2.05) is 6.07 Å². The van der Waals surface area contributed by atoms with Crippen LogP contribution in [-0.4, -0.2) is 0 Å². The van der Waals surface area contributed by atoms with Crippen molar-refractivity contribution in [2.45, 2.75) is 19.0 Å². The third-order valence-corrected chi connectivity index (χ3v) is 2.35. The summed E-state index contributed by atoms with van der Waals surface area (Å²) in [7, 11) is 3.63. The average molecular weight is 151 g/mol. The molecule has 0 aliphatic heterocycles. The maximum atomic E-state index is 3.63. The quantitative estimate of drug-likeness (QED) is 0.569. The normalized spacial score (nSPS) is 13.0. The third kappa shape index (κ3) is 1.82. The van der Waals surface area contributed by atoms with Crippen molar-refractivity contribution in [1.29, 1.82) is 0 Å². The molecule has 0 aromatic heterocycles. The maximum Gasteiger partial charge on any atom is 0.00484 e. The van der Waals surface area contributed by atoms with Gasteiger partial charge in [0.05, 0.1) is 0 Å². The smallest absolute Gasteiger partial charge is 0.00484 e. The number of benzene rings is 1. The Labute approximate surface area is 64.9 Å². The molecule has 0 spiro atoms. The summed E-state index contributed by atoms with van der Waals surface area (Å²) in [4.78, 5) is 0. The molecule has 10 heavy (non-hydrogen) atoms. The van der Waals surface area contributed by atoms with Gasteiger partial charge >= 0.3 is 0 Å². The lowest BCUT2D eigenvalue weighted by molar-refractivity contribution is 0.897. The van der Waals surface area contributed by atoms with Gasteiger partial charge in [0.2, 0.25) is 0 Å². The monoisotopic (exact) mass is 151 g/mol. The zero-order chi connectivity index (χ0) is 7.40. The van der Waals surface area contributed by atoms with Crippen LogP contribution in [0.3, 0.4) is 0 Å². The fourth-order valence-electron chi connectivity index (χ4n) is 0.921. The summed E-state index contributed by atoms with van der Waals surface area (Å²) in [6, 6.07) is 10.5. The molecule has 1 aromatic carbocycles. The summed E-state index contributed by atoms with van der Waals surface area (Å²) >= 11 is 0. The Hall–Kier alpha value is -0.350. The van der Waals surface area contributed by atoms with Gasteiger partial charge in [0.1, 0.15) is 0 Å². The fourth-order valence-corrected chi connectivity index (χ4v) is 1.11. The van der Waals surface area contributed by atoms with E-state index >= 15 is 0 Å². The molecule has 0 nitrogen and oxygen atoms in total. The molecule has 0 aliphatic carbocycles. The average Bonchev–Trinajstić information content (AvgIpc) is 2.05. The van der Waals surface area contributed by atoms with E-state index in [4.69, 9.17) is 0 Å². The summed E-state index contributed by atoms with van der Waals surface area (Å²) in [5.41, 5.74) is 1.88. The molecule has 1 rings (SSSR count). The molecule has 53 valence electrons. The van der Waals surface area contributed by atoms with Crippen LogP contribution in [0.5, 0.6) is 0 Å². The van der Waals surface area contributed by atoms with E-state index in [1.54, 1.807) is 0 Å². The molecule has 1 atom stereocenters. The van der Waals surface area contributed by atoms with Gasteiger partial charge in [0, 0.05) is 5.66 Å². The van der Waals surface area contributed by atoms with Crippen molar-refractivity contribution in [3.05, 3.63) is 35.9 Å². The first kappa shape index (κ1) is 7.75. The highest BCUT2D eigenvalue weighted by Crippen LogP contribution is 2.25. The lowest BCUT2D eigenvalue weighted by Gasteiger charge is -2.06. The van der Waals surface area contributed by atoms with Gasteiger partial charge in [-0.15, -0.1) is 0 Å². The predicted octanol–water partition coefficient (Wildman–Crippen LogP) is 3.28. The lowest BCUT2D eigenvalue weighted by Crippen LogP contribution is -1.84. The fraction of sp³-hybridized carbons (Fsp3) is 0.333. The Balaban J connectivity index is 2.75. The maximum absolute atomic E-state index is 3.63. The van der Waals surface area contributed by atoms with Gasteiger partial charge in [-0.1, -0.05) is 46.5 Å². The first-order valence-corrected chi connectivity index (χ1v) is 4.18. The van der Waals surface area contributed by atoms with Crippen molar-refractivity contribution in [1.82, 2.24) is 0 Å².